The van der Waals surface area contributed by atoms with Gasteiger partial charge in [0.2, 0.25) is 0 Å². The Kier molecular flexibility index (Phi) is 4.04. The number of thiophene rings is 1. The zero-order valence-electron chi connectivity index (χ0n) is 10.6. The normalized spacial score (nSPS) is 32.6. The van der Waals surface area contributed by atoms with Crippen LogP contribution in [0.15, 0.2) is 17.5 Å². The van der Waals surface area contributed by atoms with Crippen LogP contribution in [0.25, 0.3) is 0 Å². The third kappa shape index (κ3) is 2.86. The van der Waals surface area contributed by atoms with Gasteiger partial charge in [0.05, 0.1) is 0 Å². The monoisotopic (exact) mass is 237 g/mol. The Bertz CT molecular complexity index is 307. The average molecular weight is 237 g/mol. The van der Waals surface area contributed by atoms with Crippen LogP contribution < -0.4 is 5.32 Å². The van der Waals surface area contributed by atoms with E-state index in [1.165, 1.54) is 24.1 Å². The maximum Gasteiger partial charge on any atom is 0.0388 e. The predicted octanol–water partition coefficient (Wildman–Crippen LogP) is 4.22. The number of hydrogen-bond donors (Lipinski definition) is 1. The van der Waals surface area contributed by atoms with Crippen LogP contribution in [-0.4, -0.2) is 6.04 Å². The molecule has 2 heteroatoms. The van der Waals surface area contributed by atoms with Gasteiger partial charge in [-0.3, -0.25) is 0 Å². The third-order valence-corrected chi connectivity index (χ3v) is 5.11. The molecule has 1 saturated carbocycles. The van der Waals surface area contributed by atoms with E-state index in [0.717, 1.165) is 17.9 Å². The van der Waals surface area contributed by atoms with E-state index in [4.69, 9.17) is 0 Å². The number of rotatable bonds is 3. The standard InChI is InChI=1S/C14H23NS/c1-10-6-7-13(9-11(10)2)15-12(3)14-5-4-8-16-14/h4-5,8,10-13,15H,6-7,9H2,1-3H3/t10?,11?,12-,13?/m1/s1. The van der Waals surface area contributed by atoms with Gasteiger partial charge in [0.15, 0.2) is 0 Å². The average Bonchev–Trinajstić information content (AvgIpc) is 2.77. The molecule has 1 heterocycles. The molecule has 16 heavy (non-hydrogen) atoms. The first-order valence-corrected chi connectivity index (χ1v) is 7.34. The highest BCUT2D eigenvalue weighted by Crippen LogP contribution is 2.31. The highest BCUT2D eigenvalue weighted by molar-refractivity contribution is 7.10. The van der Waals surface area contributed by atoms with Crippen LogP contribution in [0.5, 0.6) is 0 Å². The van der Waals surface area contributed by atoms with Gasteiger partial charge in [-0.05, 0) is 49.5 Å². The van der Waals surface area contributed by atoms with Crippen LogP contribution in [0.3, 0.4) is 0 Å². The van der Waals surface area contributed by atoms with Crippen molar-refractivity contribution in [3.63, 3.8) is 0 Å². The highest BCUT2D eigenvalue weighted by Gasteiger charge is 2.25. The molecule has 0 aromatic carbocycles. The summed E-state index contributed by atoms with van der Waals surface area (Å²) < 4.78 is 0. The fraction of sp³-hybridized carbons (Fsp3) is 0.714. The van der Waals surface area contributed by atoms with Crippen molar-refractivity contribution >= 4 is 11.3 Å². The van der Waals surface area contributed by atoms with Crippen molar-refractivity contribution < 1.29 is 0 Å². The Balaban J connectivity index is 1.86. The molecule has 0 aliphatic heterocycles. The van der Waals surface area contributed by atoms with Crippen molar-refractivity contribution in [2.24, 2.45) is 11.8 Å². The van der Waals surface area contributed by atoms with E-state index in [1.807, 2.05) is 11.3 Å². The summed E-state index contributed by atoms with van der Waals surface area (Å²) in [6.45, 7) is 7.08. The maximum atomic E-state index is 3.78. The lowest BCUT2D eigenvalue weighted by molar-refractivity contribution is 0.218. The summed E-state index contributed by atoms with van der Waals surface area (Å²) in [7, 11) is 0. The zero-order chi connectivity index (χ0) is 11.5. The highest BCUT2D eigenvalue weighted by atomic mass is 32.1. The maximum absolute atomic E-state index is 3.78. The Hall–Kier alpha value is -0.340. The van der Waals surface area contributed by atoms with Gasteiger partial charge in [-0.2, -0.15) is 0 Å². The molecule has 0 bridgehead atoms. The molecule has 1 aromatic rings. The van der Waals surface area contributed by atoms with E-state index in [0.29, 0.717) is 6.04 Å². The van der Waals surface area contributed by atoms with Crippen molar-refractivity contribution in [1.29, 1.82) is 0 Å². The van der Waals surface area contributed by atoms with E-state index in [-0.39, 0.29) is 0 Å². The fourth-order valence-electron chi connectivity index (χ4n) is 2.67. The van der Waals surface area contributed by atoms with E-state index >= 15 is 0 Å². The second kappa shape index (κ2) is 5.33. The summed E-state index contributed by atoms with van der Waals surface area (Å²) in [5.41, 5.74) is 0. The fourth-order valence-corrected chi connectivity index (χ4v) is 3.42. The molecule has 1 fully saturated rings. The SMILES string of the molecule is CC1CCC(N[C@H](C)c2cccs2)CC1C. The molecule has 2 rings (SSSR count). The van der Waals surface area contributed by atoms with Gasteiger partial charge in [-0.15, -0.1) is 11.3 Å². The minimum absolute atomic E-state index is 0.519. The molecule has 90 valence electrons. The largest absolute Gasteiger partial charge is 0.307 e. The van der Waals surface area contributed by atoms with Gasteiger partial charge in [0.25, 0.3) is 0 Å². The second-order valence-corrected chi connectivity index (χ2v) is 6.35. The molecule has 1 N–H and O–H groups in total. The van der Waals surface area contributed by atoms with Gasteiger partial charge < -0.3 is 5.32 Å². The Morgan fingerprint density at radius 1 is 1.31 bits per heavy atom. The molecule has 0 saturated heterocycles. The summed E-state index contributed by atoms with van der Waals surface area (Å²) in [4.78, 5) is 1.46. The van der Waals surface area contributed by atoms with E-state index in [9.17, 15) is 0 Å². The molecular formula is C14H23NS. The molecule has 3 unspecified atom stereocenters. The molecule has 1 aliphatic rings. The molecule has 0 radical (unpaired) electrons. The van der Waals surface area contributed by atoms with E-state index in [2.05, 4.69) is 43.6 Å². The van der Waals surface area contributed by atoms with Gasteiger partial charge in [0.1, 0.15) is 0 Å². The lowest BCUT2D eigenvalue weighted by Gasteiger charge is -2.34. The van der Waals surface area contributed by atoms with Crippen LogP contribution in [0, 0.1) is 11.8 Å². The topological polar surface area (TPSA) is 12.0 Å². The van der Waals surface area contributed by atoms with Crippen LogP contribution in [0.4, 0.5) is 0 Å². The summed E-state index contributed by atoms with van der Waals surface area (Å²) in [6.07, 6.45) is 4.08. The van der Waals surface area contributed by atoms with Crippen molar-refractivity contribution in [1.82, 2.24) is 5.32 Å². The summed E-state index contributed by atoms with van der Waals surface area (Å²) in [5, 5.41) is 5.95. The molecule has 1 aliphatic carbocycles. The van der Waals surface area contributed by atoms with Gasteiger partial charge in [-0.1, -0.05) is 19.9 Å². The first-order valence-electron chi connectivity index (χ1n) is 6.46. The minimum atomic E-state index is 0.519. The van der Waals surface area contributed by atoms with Crippen molar-refractivity contribution in [3.8, 4) is 0 Å². The third-order valence-electron chi connectivity index (χ3n) is 4.05. The first-order chi connectivity index (χ1) is 7.66. The summed E-state index contributed by atoms with van der Waals surface area (Å²) in [5.74, 6) is 1.79. The molecule has 4 atom stereocenters. The van der Waals surface area contributed by atoms with Gasteiger partial charge in [0, 0.05) is 17.0 Å². The molecular weight excluding hydrogens is 214 g/mol. The lowest BCUT2D eigenvalue weighted by atomic mass is 9.79. The van der Waals surface area contributed by atoms with Gasteiger partial charge in [-0.25, -0.2) is 0 Å². The zero-order valence-corrected chi connectivity index (χ0v) is 11.4. The number of nitrogens with one attached hydrogen (secondary N) is 1. The Morgan fingerprint density at radius 3 is 2.75 bits per heavy atom. The first kappa shape index (κ1) is 12.1. The molecule has 0 spiro atoms. The predicted molar refractivity (Wildman–Crippen MR) is 71.8 cm³/mol. The van der Waals surface area contributed by atoms with Crippen molar-refractivity contribution in [2.75, 3.05) is 0 Å². The minimum Gasteiger partial charge on any atom is -0.307 e. The Morgan fingerprint density at radius 2 is 2.12 bits per heavy atom. The molecule has 0 amide bonds. The molecule has 1 aromatic heterocycles. The Labute approximate surface area is 103 Å². The van der Waals surface area contributed by atoms with Crippen LogP contribution in [0.1, 0.15) is 51.0 Å². The summed E-state index contributed by atoms with van der Waals surface area (Å²) in [6, 6.07) is 5.62. The van der Waals surface area contributed by atoms with Crippen LogP contribution in [-0.2, 0) is 0 Å². The smallest absolute Gasteiger partial charge is 0.0388 e. The van der Waals surface area contributed by atoms with Crippen LogP contribution in [0.2, 0.25) is 0 Å². The van der Waals surface area contributed by atoms with E-state index in [1.54, 1.807) is 0 Å². The van der Waals surface area contributed by atoms with Crippen molar-refractivity contribution in [3.05, 3.63) is 22.4 Å². The van der Waals surface area contributed by atoms with E-state index < -0.39 is 0 Å². The van der Waals surface area contributed by atoms with Gasteiger partial charge >= 0.3 is 0 Å². The molecule has 1 nitrogen and oxygen atoms in total. The lowest BCUT2D eigenvalue weighted by Crippen LogP contribution is -2.37. The summed E-state index contributed by atoms with van der Waals surface area (Å²) >= 11 is 1.86. The second-order valence-electron chi connectivity index (χ2n) is 5.37. The van der Waals surface area contributed by atoms with Crippen molar-refractivity contribution in [2.45, 2.75) is 52.1 Å². The quantitative estimate of drug-likeness (QED) is 0.830. The number of hydrogen-bond acceptors (Lipinski definition) is 2. The van der Waals surface area contributed by atoms with Crippen LogP contribution >= 0.6 is 11.3 Å².